The number of ether oxygens (including phenoxy) is 14. The molecule has 21 heteroatoms. The molecule has 8 unspecified atom stereocenters. The lowest BCUT2D eigenvalue weighted by atomic mass is 9.82. The summed E-state index contributed by atoms with van der Waals surface area (Å²) in [7, 11) is 0. The van der Waals surface area contributed by atoms with Crippen molar-refractivity contribution in [3.05, 3.63) is 251 Å². The molecule has 4 fully saturated rings. The van der Waals surface area contributed by atoms with Gasteiger partial charge in [0.25, 0.3) is 0 Å². The highest BCUT2D eigenvalue weighted by molar-refractivity contribution is 5.92. The third kappa shape index (κ3) is 17.8. The topological polar surface area (TPSA) is 252 Å². The van der Waals surface area contributed by atoms with E-state index in [1.165, 1.54) is 24.3 Å². The minimum atomic E-state index is -1.82. The van der Waals surface area contributed by atoms with Crippen LogP contribution in [-0.2, 0) is 72.9 Å². The number of esters is 6. The molecule has 0 saturated carbocycles. The fourth-order valence-corrected chi connectivity index (χ4v) is 12.8. The molecule has 0 amide bonds. The van der Waals surface area contributed by atoms with Crippen molar-refractivity contribution >= 4 is 35.8 Å². The van der Waals surface area contributed by atoms with Gasteiger partial charge in [0.2, 0.25) is 0 Å². The molecule has 0 radical (unpaired) electrons. The average Bonchev–Trinajstić information content (AvgIpc) is 0.764. The Hall–Kier alpha value is -9.00. The summed E-state index contributed by atoms with van der Waals surface area (Å²) in [6.07, 6.45) is -19.7. The Balaban J connectivity index is 1.02. The summed E-state index contributed by atoms with van der Waals surface area (Å²) in [6, 6.07) is 58.9. The van der Waals surface area contributed by atoms with Gasteiger partial charge in [-0.05, 0) is 96.6 Å². The third-order valence-corrected chi connectivity index (χ3v) is 19.0. The van der Waals surface area contributed by atoms with Crippen molar-refractivity contribution < 1.29 is 100 Å². The Bertz CT molecular complexity index is 3760. The van der Waals surface area contributed by atoms with Crippen molar-refractivity contribution in [3.8, 4) is 0 Å². The van der Waals surface area contributed by atoms with Gasteiger partial charge in [-0.3, -0.25) is 0 Å². The molecular weight excluding hydrogens is 1280 g/mol. The van der Waals surface area contributed by atoms with Crippen LogP contribution in [0.1, 0.15) is 116 Å². The molecule has 11 rings (SSSR count). The number of aliphatic hydroxyl groups excluding tert-OH is 1. The van der Waals surface area contributed by atoms with E-state index >= 15 is 0 Å². The highest BCUT2D eigenvalue weighted by Gasteiger charge is 2.58. The minimum Gasteiger partial charge on any atom is -0.459 e. The zero-order valence-corrected chi connectivity index (χ0v) is 56.4. The SMILES string of the molecule is CCC1O[C@@H](OCc2ccccc2)C(O[C@@H]2OC(COC(=O)c3ccccc3)[C@H](C)[C@H](O[C@@H]3OC(COC(=O)c4ccccc4)[C@H](C)[C@H](O[C@@H]4OC(COC(=O)c5ccccc5)[C@H](C)[C@H](O)C4OC(=O)c4ccccc4)C3OC(=O)c3ccccc3)C2OC(=O)c2ccccc2)[C@@H](C)[C@H]1C. The van der Waals surface area contributed by atoms with Crippen molar-refractivity contribution in [3.63, 3.8) is 0 Å². The van der Waals surface area contributed by atoms with Gasteiger partial charge < -0.3 is 71.4 Å². The molecule has 4 aliphatic rings. The summed E-state index contributed by atoms with van der Waals surface area (Å²) in [5.41, 5.74) is 1.96. The average molecular weight is 1370 g/mol. The second-order valence-corrected chi connectivity index (χ2v) is 25.6. The lowest BCUT2D eigenvalue weighted by Crippen LogP contribution is -2.65. The van der Waals surface area contributed by atoms with Crippen molar-refractivity contribution in [2.24, 2.45) is 29.6 Å². The van der Waals surface area contributed by atoms with Crippen LogP contribution < -0.4 is 0 Å². The first-order valence-electron chi connectivity index (χ1n) is 33.9. The van der Waals surface area contributed by atoms with E-state index in [-0.39, 0.29) is 57.9 Å². The van der Waals surface area contributed by atoms with E-state index in [4.69, 9.17) is 66.3 Å². The molecule has 20 atom stereocenters. The normalized spacial score (nSPS) is 29.6. The zero-order chi connectivity index (χ0) is 70.2. The van der Waals surface area contributed by atoms with E-state index in [2.05, 4.69) is 6.92 Å². The number of rotatable bonds is 25. The van der Waals surface area contributed by atoms with Crippen LogP contribution in [0.5, 0.6) is 0 Å². The number of benzene rings is 7. The second-order valence-electron chi connectivity index (χ2n) is 25.6. The summed E-state index contributed by atoms with van der Waals surface area (Å²) in [5, 5.41) is 12.5. The van der Waals surface area contributed by atoms with Gasteiger partial charge in [-0.2, -0.15) is 0 Å². The number of hydrogen-bond acceptors (Lipinski definition) is 21. The van der Waals surface area contributed by atoms with Crippen LogP contribution in [0, 0.1) is 29.6 Å². The molecule has 100 heavy (non-hydrogen) atoms. The molecule has 526 valence electrons. The van der Waals surface area contributed by atoms with Gasteiger partial charge in [-0.25, -0.2) is 28.8 Å². The van der Waals surface area contributed by atoms with Crippen LogP contribution in [0.4, 0.5) is 0 Å². The quantitative estimate of drug-likeness (QED) is 0.0412. The smallest absolute Gasteiger partial charge is 0.338 e. The maximum absolute atomic E-state index is 15.0. The number of hydrogen-bond donors (Lipinski definition) is 1. The Labute approximate surface area is 581 Å². The molecule has 4 aliphatic heterocycles. The Morgan fingerprint density at radius 1 is 0.320 bits per heavy atom. The van der Waals surface area contributed by atoms with E-state index < -0.39 is 160 Å². The van der Waals surface area contributed by atoms with Crippen molar-refractivity contribution in [2.75, 3.05) is 19.8 Å². The molecule has 0 bridgehead atoms. The molecule has 21 nitrogen and oxygen atoms in total. The largest absolute Gasteiger partial charge is 0.459 e. The van der Waals surface area contributed by atoms with Crippen molar-refractivity contribution in [1.29, 1.82) is 0 Å². The van der Waals surface area contributed by atoms with Gasteiger partial charge in [-0.15, -0.1) is 0 Å². The molecule has 0 aromatic heterocycles. The summed E-state index contributed by atoms with van der Waals surface area (Å²) >= 11 is 0. The zero-order valence-electron chi connectivity index (χ0n) is 56.4. The fraction of sp³-hybridized carbons (Fsp3) is 0.392. The lowest BCUT2D eigenvalue weighted by Gasteiger charge is -2.51. The summed E-state index contributed by atoms with van der Waals surface area (Å²) in [4.78, 5) is 85.7. The minimum absolute atomic E-state index is 0.0926. The van der Waals surface area contributed by atoms with Crippen LogP contribution >= 0.6 is 0 Å². The van der Waals surface area contributed by atoms with E-state index in [0.29, 0.717) is 6.42 Å². The van der Waals surface area contributed by atoms with E-state index in [9.17, 15) is 33.9 Å². The fourth-order valence-electron chi connectivity index (χ4n) is 12.8. The first kappa shape index (κ1) is 72.3. The van der Waals surface area contributed by atoms with Crippen molar-refractivity contribution in [2.45, 2.75) is 147 Å². The molecule has 0 spiro atoms. The van der Waals surface area contributed by atoms with Crippen LogP contribution in [0.25, 0.3) is 0 Å². The maximum atomic E-state index is 15.0. The second kappa shape index (κ2) is 34.4. The predicted molar refractivity (Wildman–Crippen MR) is 360 cm³/mol. The molecule has 7 aromatic carbocycles. The molecule has 1 N–H and O–H groups in total. The Morgan fingerprint density at radius 3 is 0.960 bits per heavy atom. The molecule has 4 heterocycles. The van der Waals surface area contributed by atoms with Crippen LogP contribution in [0.3, 0.4) is 0 Å². The highest BCUT2D eigenvalue weighted by Crippen LogP contribution is 2.43. The Kier molecular flexibility index (Phi) is 24.8. The molecule has 4 saturated heterocycles. The number of carbonyl (C=O) groups is 6. The van der Waals surface area contributed by atoms with E-state index in [1.807, 2.05) is 44.2 Å². The molecule has 7 aromatic rings. The van der Waals surface area contributed by atoms with Gasteiger partial charge in [0.1, 0.15) is 62.5 Å². The molecular formula is C79H84O21. The first-order chi connectivity index (χ1) is 48.5. The number of aliphatic hydroxyl groups is 1. The monoisotopic (exact) mass is 1370 g/mol. The van der Waals surface area contributed by atoms with Crippen molar-refractivity contribution in [1.82, 2.24) is 0 Å². The van der Waals surface area contributed by atoms with E-state index in [0.717, 1.165) is 5.56 Å². The van der Waals surface area contributed by atoms with Gasteiger partial charge in [-0.1, -0.05) is 181 Å². The summed E-state index contributed by atoms with van der Waals surface area (Å²) in [5.74, 6) is -7.92. The van der Waals surface area contributed by atoms with E-state index in [1.54, 1.807) is 178 Å². The van der Waals surface area contributed by atoms with Gasteiger partial charge >= 0.3 is 35.8 Å². The Morgan fingerprint density at radius 2 is 0.610 bits per heavy atom. The lowest BCUT2D eigenvalue weighted by molar-refractivity contribution is -0.380. The van der Waals surface area contributed by atoms with Crippen LogP contribution in [0.2, 0.25) is 0 Å². The standard InChI is InChI=1S/C79H84O21/c1-7-59-47(2)48(3)66(76(91-59)90-43-52-29-15-8-16-30-52)100-79-69(97-75(86)58-41-27-14-28-42-58)65(51(6)62(94-79)46-89-72(83)55-35-21-11-22-36-55)99-78-68(96-74(85)57-39-25-13-26-40-57)64(50(5)61(93-78)45-88-71(82)54-33-19-10-20-34-54)98-77-67(95-73(84)56-37-23-12-24-38-56)63(80)49(4)60(92-77)44-87-70(81)53-31-17-9-18-32-53/h8-42,47-51,59-69,76-80H,7,43-46H2,1-6H3/t47-,48+,49+,50+,51+,59?,60?,61?,62?,63+,64+,65+,66?,67?,68?,69?,76-,77+,78+,79+/m1/s1. The summed E-state index contributed by atoms with van der Waals surface area (Å²) < 4.78 is 93.5. The molecule has 0 aliphatic carbocycles. The van der Waals surface area contributed by atoms with Gasteiger partial charge in [0.15, 0.2) is 43.5 Å². The van der Waals surface area contributed by atoms with Crippen LogP contribution in [0.15, 0.2) is 212 Å². The van der Waals surface area contributed by atoms with Gasteiger partial charge in [0, 0.05) is 17.8 Å². The number of carbonyl (C=O) groups excluding carboxylic acids is 6. The first-order valence-corrected chi connectivity index (χ1v) is 33.9. The predicted octanol–water partition coefficient (Wildman–Crippen LogP) is 11.5. The summed E-state index contributed by atoms with van der Waals surface area (Å²) in [6.45, 7) is 9.98. The van der Waals surface area contributed by atoms with Crippen LogP contribution in [-0.4, -0.2) is 153 Å². The maximum Gasteiger partial charge on any atom is 0.338 e. The van der Waals surface area contributed by atoms with Gasteiger partial charge in [0.05, 0.1) is 46.1 Å². The third-order valence-electron chi connectivity index (χ3n) is 19.0. The highest BCUT2D eigenvalue weighted by atomic mass is 16.8.